The zero-order chi connectivity index (χ0) is 14.3. The van der Waals surface area contributed by atoms with Crippen LogP contribution in [0.3, 0.4) is 0 Å². The Morgan fingerprint density at radius 1 is 1.53 bits per heavy atom. The van der Waals surface area contributed by atoms with E-state index in [1.807, 2.05) is 4.90 Å². The third-order valence-corrected chi connectivity index (χ3v) is 2.86. The van der Waals surface area contributed by atoms with Crippen LogP contribution in [0, 0.1) is 0 Å². The van der Waals surface area contributed by atoms with E-state index in [4.69, 9.17) is 27.9 Å². The maximum absolute atomic E-state index is 11.5. The predicted octanol–water partition coefficient (Wildman–Crippen LogP) is 2.94. The van der Waals surface area contributed by atoms with Crippen LogP contribution in [0.1, 0.15) is 12.6 Å². The molecule has 0 saturated heterocycles. The van der Waals surface area contributed by atoms with Gasteiger partial charge in [-0.15, -0.1) is 6.58 Å². The second-order valence-corrected chi connectivity index (χ2v) is 4.62. The van der Waals surface area contributed by atoms with Gasteiger partial charge in [0.25, 0.3) is 0 Å². The topological polar surface area (TPSA) is 42.4 Å². The third-order valence-electron chi connectivity index (χ3n) is 2.30. The lowest BCUT2D eigenvalue weighted by molar-refractivity contribution is -0.144. The number of nitrogens with zero attached hydrogens (tertiary/aromatic N) is 2. The highest BCUT2D eigenvalue weighted by Gasteiger charge is 2.13. The number of carbonyl (C=O) groups excluding carboxylic acids is 1. The molecule has 0 amide bonds. The molecule has 19 heavy (non-hydrogen) atoms. The molecule has 0 N–H and O–H groups in total. The van der Waals surface area contributed by atoms with E-state index in [0.717, 1.165) is 0 Å². The molecule has 0 saturated carbocycles. The van der Waals surface area contributed by atoms with Crippen LogP contribution in [0.15, 0.2) is 24.8 Å². The first-order chi connectivity index (χ1) is 9.06. The molecule has 6 heteroatoms. The maximum Gasteiger partial charge on any atom is 0.320 e. The van der Waals surface area contributed by atoms with Crippen molar-refractivity contribution in [2.45, 2.75) is 13.5 Å². The van der Waals surface area contributed by atoms with Gasteiger partial charge in [-0.05, 0) is 19.1 Å². The Labute approximate surface area is 123 Å². The van der Waals surface area contributed by atoms with Crippen molar-refractivity contribution in [1.82, 2.24) is 9.88 Å². The fraction of sp³-hybridized carbons (Fsp3) is 0.385. The van der Waals surface area contributed by atoms with Gasteiger partial charge in [-0.2, -0.15) is 0 Å². The van der Waals surface area contributed by atoms with Gasteiger partial charge in [0.05, 0.1) is 23.9 Å². The van der Waals surface area contributed by atoms with Gasteiger partial charge < -0.3 is 4.74 Å². The third kappa shape index (κ3) is 5.59. The van der Waals surface area contributed by atoms with Crippen LogP contribution in [-0.2, 0) is 16.1 Å². The number of aromatic nitrogens is 1. The minimum Gasteiger partial charge on any atom is -0.465 e. The molecule has 0 bridgehead atoms. The average Bonchev–Trinajstić information content (AvgIpc) is 2.34. The van der Waals surface area contributed by atoms with Crippen molar-refractivity contribution in [2.75, 3.05) is 19.7 Å². The number of rotatable bonds is 7. The predicted molar refractivity (Wildman–Crippen MR) is 76.4 cm³/mol. The Morgan fingerprint density at radius 2 is 2.26 bits per heavy atom. The van der Waals surface area contributed by atoms with E-state index >= 15 is 0 Å². The molecule has 0 atom stereocenters. The number of hydrogen-bond acceptors (Lipinski definition) is 4. The molecule has 0 aliphatic heterocycles. The van der Waals surface area contributed by atoms with Crippen molar-refractivity contribution in [3.05, 3.63) is 40.7 Å². The van der Waals surface area contributed by atoms with Crippen LogP contribution in [0.4, 0.5) is 0 Å². The Bertz CT molecular complexity index is 452. The number of halogens is 2. The lowest BCUT2D eigenvalue weighted by Gasteiger charge is -2.19. The lowest BCUT2D eigenvalue weighted by Crippen LogP contribution is -2.31. The molecule has 0 fully saturated rings. The van der Waals surface area contributed by atoms with E-state index < -0.39 is 0 Å². The van der Waals surface area contributed by atoms with Crippen molar-refractivity contribution < 1.29 is 9.53 Å². The molecular formula is C13H16Cl2N2O2. The SMILES string of the molecule is C=CCN(CC(=O)OCC)Cc1nc(Cl)ccc1Cl. The molecule has 104 valence electrons. The number of pyridine rings is 1. The van der Waals surface area contributed by atoms with E-state index in [1.165, 1.54) is 0 Å². The van der Waals surface area contributed by atoms with Crippen LogP contribution in [0.5, 0.6) is 0 Å². The number of carbonyl (C=O) groups is 1. The number of ether oxygens (including phenoxy) is 1. The standard InChI is InChI=1S/C13H16Cl2N2O2/c1-3-7-17(9-13(18)19-4-2)8-11-10(14)5-6-12(15)16-11/h3,5-6H,1,4,7-9H2,2H3. The second kappa shape index (κ2) is 8.15. The highest BCUT2D eigenvalue weighted by atomic mass is 35.5. The van der Waals surface area contributed by atoms with Crippen LogP contribution in [0.25, 0.3) is 0 Å². The van der Waals surface area contributed by atoms with Crippen LogP contribution in [-0.4, -0.2) is 35.5 Å². The van der Waals surface area contributed by atoms with Gasteiger partial charge in [-0.3, -0.25) is 9.69 Å². The normalized spacial score (nSPS) is 10.5. The highest BCUT2D eigenvalue weighted by Crippen LogP contribution is 2.18. The molecule has 0 aliphatic carbocycles. The minimum atomic E-state index is -0.289. The number of hydrogen-bond donors (Lipinski definition) is 0. The van der Waals surface area contributed by atoms with Gasteiger partial charge in [-0.25, -0.2) is 4.98 Å². The van der Waals surface area contributed by atoms with Crippen LogP contribution >= 0.6 is 23.2 Å². The molecule has 1 heterocycles. The van der Waals surface area contributed by atoms with Gasteiger partial charge in [0.15, 0.2) is 0 Å². The van der Waals surface area contributed by atoms with E-state index in [0.29, 0.717) is 35.6 Å². The van der Waals surface area contributed by atoms with Crippen molar-refractivity contribution >= 4 is 29.2 Å². The summed E-state index contributed by atoms with van der Waals surface area (Å²) in [7, 11) is 0. The maximum atomic E-state index is 11.5. The van der Waals surface area contributed by atoms with Crippen molar-refractivity contribution in [3.63, 3.8) is 0 Å². The van der Waals surface area contributed by atoms with E-state index in [1.54, 1.807) is 25.1 Å². The number of esters is 1. The summed E-state index contributed by atoms with van der Waals surface area (Å²) in [5, 5.41) is 0.886. The summed E-state index contributed by atoms with van der Waals surface area (Å²) in [5.74, 6) is -0.289. The summed E-state index contributed by atoms with van der Waals surface area (Å²) in [6, 6.07) is 3.30. The Balaban J connectivity index is 2.74. The monoisotopic (exact) mass is 302 g/mol. The summed E-state index contributed by atoms with van der Waals surface area (Å²) in [6.45, 7) is 6.88. The van der Waals surface area contributed by atoms with Gasteiger partial charge in [0.2, 0.25) is 0 Å². The molecule has 0 spiro atoms. The van der Waals surface area contributed by atoms with Crippen LogP contribution in [0.2, 0.25) is 10.2 Å². The van der Waals surface area contributed by atoms with Crippen LogP contribution < -0.4 is 0 Å². The molecule has 0 aromatic carbocycles. The lowest BCUT2D eigenvalue weighted by atomic mass is 10.3. The van der Waals surface area contributed by atoms with E-state index in [-0.39, 0.29) is 12.5 Å². The molecule has 1 rings (SSSR count). The zero-order valence-electron chi connectivity index (χ0n) is 10.7. The molecule has 0 aliphatic rings. The summed E-state index contributed by atoms with van der Waals surface area (Å²) < 4.78 is 4.92. The van der Waals surface area contributed by atoms with Gasteiger partial charge in [0.1, 0.15) is 5.15 Å². The fourth-order valence-electron chi connectivity index (χ4n) is 1.54. The van der Waals surface area contributed by atoms with E-state index in [2.05, 4.69) is 11.6 Å². The first-order valence-corrected chi connectivity index (χ1v) is 6.62. The minimum absolute atomic E-state index is 0.157. The highest BCUT2D eigenvalue weighted by molar-refractivity contribution is 6.32. The Morgan fingerprint density at radius 3 is 2.89 bits per heavy atom. The summed E-state index contributed by atoms with van der Waals surface area (Å²) >= 11 is 11.9. The van der Waals surface area contributed by atoms with Crippen molar-refractivity contribution in [3.8, 4) is 0 Å². The Kier molecular flexibility index (Phi) is 6.84. The van der Waals surface area contributed by atoms with Gasteiger partial charge in [-0.1, -0.05) is 29.3 Å². The molecule has 0 unspecified atom stereocenters. The molecule has 0 radical (unpaired) electrons. The van der Waals surface area contributed by atoms with Crippen molar-refractivity contribution in [2.24, 2.45) is 0 Å². The second-order valence-electron chi connectivity index (χ2n) is 3.83. The molecule has 1 aromatic rings. The first kappa shape index (κ1) is 16.0. The van der Waals surface area contributed by atoms with E-state index in [9.17, 15) is 4.79 Å². The molecule has 1 aromatic heterocycles. The molecule has 4 nitrogen and oxygen atoms in total. The van der Waals surface area contributed by atoms with Gasteiger partial charge in [0, 0.05) is 13.1 Å². The largest absolute Gasteiger partial charge is 0.465 e. The quantitative estimate of drug-likeness (QED) is 0.441. The smallest absolute Gasteiger partial charge is 0.320 e. The summed E-state index contributed by atoms with van der Waals surface area (Å²) in [5.41, 5.74) is 0.625. The molecular weight excluding hydrogens is 287 g/mol. The van der Waals surface area contributed by atoms with Crippen molar-refractivity contribution in [1.29, 1.82) is 0 Å². The zero-order valence-corrected chi connectivity index (χ0v) is 12.2. The fourth-order valence-corrected chi connectivity index (χ4v) is 1.87. The average molecular weight is 303 g/mol. The first-order valence-electron chi connectivity index (χ1n) is 5.86. The van der Waals surface area contributed by atoms with Gasteiger partial charge >= 0.3 is 5.97 Å². The summed E-state index contributed by atoms with van der Waals surface area (Å²) in [6.07, 6.45) is 1.71. The summed E-state index contributed by atoms with van der Waals surface area (Å²) in [4.78, 5) is 17.5. The Hall–Kier alpha value is -1.10.